The van der Waals surface area contributed by atoms with Gasteiger partial charge in [-0.05, 0) is 12.2 Å². The van der Waals surface area contributed by atoms with Crippen LogP contribution in [0.4, 0.5) is 4.39 Å². The zero-order valence-electron chi connectivity index (χ0n) is 11.4. The molecule has 0 unspecified atom stereocenters. The molecule has 12 heteroatoms. The molecule has 0 bridgehead atoms. The van der Waals surface area contributed by atoms with E-state index in [0.29, 0.717) is 4.57 Å². The van der Waals surface area contributed by atoms with Gasteiger partial charge in [-0.3, -0.25) is 9.78 Å². The average Bonchev–Trinajstić information content (AvgIpc) is 2.61. The Hall–Kier alpha value is -1.38. The summed E-state index contributed by atoms with van der Waals surface area (Å²) in [6.07, 6.45) is 1.44. The summed E-state index contributed by atoms with van der Waals surface area (Å²) < 4.78 is 19.7. The van der Waals surface area contributed by atoms with Crippen molar-refractivity contribution < 1.29 is 24.4 Å². The fraction of sp³-hybridized carbons (Fsp3) is 0.455. The van der Waals surface area contributed by atoms with E-state index in [1.165, 1.54) is 0 Å². The standard InChI is InChI=1S/C11H8B3FN2O5S/c1-2-4-3-17(8(23)16-7(4)20)10(12)6(19)5(18)9(15,22-10)11(13,14)21/h1,3,5-6,18-19,21H,(H,16,20,23)/t5-,6+,9-,10-/m0/s1. The molecular weight excluding hydrogens is 324 g/mol. The van der Waals surface area contributed by atoms with Gasteiger partial charge in [-0.25, -0.2) is 4.39 Å². The summed E-state index contributed by atoms with van der Waals surface area (Å²) in [5, 5.41) is 26.1. The molecule has 7 nitrogen and oxygen atoms in total. The number of aromatic nitrogens is 2. The van der Waals surface area contributed by atoms with Gasteiger partial charge in [0.1, 0.15) is 46.9 Å². The molecule has 1 saturated heterocycles. The maximum Gasteiger partial charge on any atom is 0.267 e. The minimum Gasteiger partial charge on any atom is -0.403 e. The summed E-state index contributed by atoms with van der Waals surface area (Å²) in [7, 11) is 15.8. The Morgan fingerprint density at radius 2 is 2.09 bits per heavy atom. The van der Waals surface area contributed by atoms with Crippen LogP contribution in [0.2, 0.25) is 0 Å². The van der Waals surface area contributed by atoms with Crippen LogP contribution in [0.25, 0.3) is 0 Å². The van der Waals surface area contributed by atoms with Gasteiger partial charge in [0.05, 0.1) is 0 Å². The Bertz CT molecular complexity index is 803. The van der Waals surface area contributed by atoms with Crippen molar-refractivity contribution in [2.45, 2.75) is 29.1 Å². The van der Waals surface area contributed by atoms with Crippen molar-refractivity contribution >= 4 is 35.8 Å². The Kier molecular flexibility index (Phi) is 4.16. The zero-order valence-corrected chi connectivity index (χ0v) is 12.2. The van der Waals surface area contributed by atoms with Crippen LogP contribution in [0.1, 0.15) is 5.56 Å². The van der Waals surface area contributed by atoms with Gasteiger partial charge in [0.2, 0.25) is 0 Å². The van der Waals surface area contributed by atoms with Gasteiger partial charge < -0.3 is 24.6 Å². The van der Waals surface area contributed by atoms with Crippen LogP contribution >= 0.6 is 12.2 Å². The van der Waals surface area contributed by atoms with E-state index in [0.717, 1.165) is 6.20 Å². The first-order chi connectivity index (χ1) is 10.4. The molecule has 0 aromatic carbocycles. The quantitative estimate of drug-likeness (QED) is 0.262. The highest BCUT2D eigenvalue weighted by molar-refractivity contribution is 7.71. The highest BCUT2D eigenvalue weighted by atomic mass is 32.1. The first kappa shape index (κ1) is 18.0. The Morgan fingerprint density at radius 1 is 1.52 bits per heavy atom. The van der Waals surface area contributed by atoms with E-state index in [1.807, 2.05) is 5.92 Å². The monoisotopic (exact) mass is 332 g/mol. The van der Waals surface area contributed by atoms with E-state index in [-0.39, 0.29) is 5.56 Å². The molecule has 1 fully saturated rings. The number of terminal acetylenes is 1. The van der Waals surface area contributed by atoms with E-state index < -0.39 is 39.4 Å². The maximum absolute atomic E-state index is 14.7. The van der Waals surface area contributed by atoms with Crippen molar-refractivity contribution in [1.82, 2.24) is 9.55 Å². The molecule has 4 atom stereocenters. The molecule has 114 valence electrons. The molecule has 1 aromatic rings. The van der Waals surface area contributed by atoms with Crippen molar-refractivity contribution in [3.05, 3.63) is 26.9 Å². The number of aliphatic hydroxyl groups excluding tert-OH is 2. The molecule has 4 N–H and O–H groups in total. The topological polar surface area (TPSA) is 108 Å². The van der Waals surface area contributed by atoms with Gasteiger partial charge in [-0.1, -0.05) is 5.92 Å². The molecule has 0 spiro atoms. The summed E-state index contributed by atoms with van der Waals surface area (Å²) in [6.45, 7) is 0. The van der Waals surface area contributed by atoms with Gasteiger partial charge in [0.25, 0.3) is 11.4 Å². The predicted molar refractivity (Wildman–Crippen MR) is 80.9 cm³/mol. The highest BCUT2D eigenvalue weighted by Crippen LogP contribution is 2.44. The van der Waals surface area contributed by atoms with E-state index in [1.54, 1.807) is 0 Å². The van der Waals surface area contributed by atoms with Crippen LogP contribution in [0.3, 0.4) is 0 Å². The first-order valence-corrected chi connectivity index (χ1v) is 6.46. The molecule has 0 amide bonds. The van der Waals surface area contributed by atoms with Crippen LogP contribution in [-0.4, -0.2) is 71.9 Å². The number of rotatable bonds is 2. The van der Waals surface area contributed by atoms with Gasteiger partial charge >= 0.3 is 0 Å². The molecular formula is C11H8B3FN2O5S. The number of hydrogen-bond donors (Lipinski definition) is 4. The van der Waals surface area contributed by atoms with Crippen molar-refractivity contribution in [1.29, 1.82) is 0 Å². The van der Waals surface area contributed by atoms with Gasteiger partial charge in [-0.15, -0.1) is 6.42 Å². The third-order valence-corrected chi connectivity index (χ3v) is 3.73. The van der Waals surface area contributed by atoms with E-state index in [2.05, 4.69) is 4.98 Å². The summed E-state index contributed by atoms with van der Waals surface area (Å²) in [5.74, 6) is -1.52. The minimum atomic E-state index is -3.54. The molecule has 6 radical (unpaired) electrons. The number of ether oxygens (including phenoxy) is 1. The number of H-pyrrole nitrogens is 1. The smallest absolute Gasteiger partial charge is 0.267 e. The molecule has 2 rings (SSSR count). The van der Waals surface area contributed by atoms with Crippen LogP contribution in [0.15, 0.2) is 11.0 Å². The second kappa shape index (κ2) is 5.32. The summed E-state index contributed by atoms with van der Waals surface area (Å²) in [5.41, 5.74) is -3.56. The lowest BCUT2D eigenvalue weighted by molar-refractivity contribution is -0.242. The van der Waals surface area contributed by atoms with Crippen LogP contribution in [-0.2, 0) is 10.4 Å². The fourth-order valence-electron chi connectivity index (χ4n) is 2.13. The van der Waals surface area contributed by atoms with Gasteiger partial charge in [0.15, 0.2) is 4.77 Å². The lowest BCUT2D eigenvalue weighted by Gasteiger charge is -2.37. The number of nitrogens with zero attached hydrogens (tertiary/aromatic N) is 1. The largest absolute Gasteiger partial charge is 0.403 e. The maximum atomic E-state index is 14.7. The first-order valence-electron chi connectivity index (χ1n) is 6.05. The molecule has 1 aromatic heterocycles. The second-order valence-electron chi connectivity index (χ2n) is 5.03. The number of alkyl halides is 1. The van der Waals surface area contributed by atoms with E-state index in [9.17, 15) is 24.5 Å². The van der Waals surface area contributed by atoms with Crippen LogP contribution in [0.5, 0.6) is 0 Å². The Morgan fingerprint density at radius 3 is 2.52 bits per heavy atom. The van der Waals surface area contributed by atoms with Crippen molar-refractivity contribution in [3.63, 3.8) is 0 Å². The van der Waals surface area contributed by atoms with Gasteiger partial charge in [0, 0.05) is 11.6 Å². The molecule has 1 aliphatic rings. The number of aliphatic hydroxyl groups is 3. The van der Waals surface area contributed by atoms with E-state index >= 15 is 0 Å². The predicted octanol–water partition coefficient (Wildman–Crippen LogP) is -2.93. The third kappa shape index (κ3) is 2.49. The average molecular weight is 332 g/mol. The molecule has 0 aliphatic carbocycles. The van der Waals surface area contributed by atoms with Crippen LogP contribution < -0.4 is 5.56 Å². The summed E-state index contributed by atoms with van der Waals surface area (Å²) >= 11 is 4.85. The second-order valence-corrected chi connectivity index (χ2v) is 5.42. The molecule has 23 heavy (non-hydrogen) atoms. The fourth-order valence-corrected chi connectivity index (χ4v) is 2.42. The normalized spacial score (nSPS) is 34.2. The minimum absolute atomic E-state index is 0.263. The number of halogens is 1. The van der Waals surface area contributed by atoms with Crippen molar-refractivity contribution in [3.8, 4) is 12.3 Å². The third-order valence-electron chi connectivity index (χ3n) is 3.44. The van der Waals surface area contributed by atoms with Crippen molar-refractivity contribution in [2.24, 2.45) is 0 Å². The summed E-state index contributed by atoms with van der Waals surface area (Å²) in [4.78, 5) is 13.7. The summed E-state index contributed by atoms with van der Waals surface area (Å²) in [6, 6.07) is 0. The number of hydrogen-bond acceptors (Lipinski definition) is 6. The Balaban J connectivity index is 2.67. The molecule has 2 heterocycles. The lowest BCUT2D eigenvalue weighted by Crippen LogP contribution is -2.59. The number of nitrogens with one attached hydrogen (secondary N) is 1. The van der Waals surface area contributed by atoms with Crippen LogP contribution in [0, 0.1) is 17.1 Å². The highest BCUT2D eigenvalue weighted by Gasteiger charge is 2.66. The van der Waals surface area contributed by atoms with Crippen molar-refractivity contribution in [2.75, 3.05) is 0 Å². The molecule has 0 saturated carbocycles. The molecule has 1 aliphatic heterocycles. The van der Waals surface area contributed by atoms with E-state index in [4.69, 9.17) is 46.9 Å². The number of aromatic amines is 1. The lowest BCUT2D eigenvalue weighted by atomic mass is 9.59. The van der Waals surface area contributed by atoms with Gasteiger partial charge in [-0.2, -0.15) is 0 Å². The Labute approximate surface area is 138 Å². The zero-order chi connectivity index (χ0) is 17.8. The SMILES string of the molecule is [B]C([B])(O)[C@@]1(F)O[C@@]([B])(n2cc(C#C)c(=O)[nH]c2=S)[C@H](O)[C@@H]1O.